The summed E-state index contributed by atoms with van der Waals surface area (Å²) in [5, 5.41) is 9.03. The highest BCUT2D eigenvalue weighted by Crippen LogP contribution is 2.29. The molecule has 0 atom stereocenters. The molecule has 0 bridgehead atoms. The summed E-state index contributed by atoms with van der Waals surface area (Å²) in [6.45, 7) is 1.98. The summed E-state index contributed by atoms with van der Waals surface area (Å²) in [6.07, 6.45) is 0. The van der Waals surface area contributed by atoms with Crippen LogP contribution in [0.25, 0.3) is 11.1 Å². The number of aromatic carboxylic acids is 1. The lowest BCUT2D eigenvalue weighted by Crippen LogP contribution is -2.00. The van der Waals surface area contributed by atoms with Gasteiger partial charge in [-0.05, 0) is 36.8 Å². The summed E-state index contributed by atoms with van der Waals surface area (Å²) in [5.41, 5.74) is -0.284. The highest BCUT2D eigenvalue weighted by molar-refractivity contribution is 5.90. The predicted octanol–water partition coefficient (Wildman–Crippen LogP) is 3.87. The summed E-state index contributed by atoms with van der Waals surface area (Å²) in [7, 11) is 0. The lowest BCUT2D eigenvalue weighted by molar-refractivity contribution is 0.0696. The summed E-state index contributed by atoms with van der Waals surface area (Å²) in [4.78, 5) is 11.1. The molecule has 110 valence electrons. The first-order chi connectivity index (χ1) is 9.92. The van der Waals surface area contributed by atoms with E-state index < -0.39 is 23.4 Å². The van der Waals surface area contributed by atoms with Crippen molar-refractivity contribution >= 4 is 5.97 Å². The molecule has 0 radical (unpaired) electrons. The van der Waals surface area contributed by atoms with Crippen LogP contribution in [0, 0.1) is 17.5 Å². The molecule has 6 heteroatoms. The van der Waals surface area contributed by atoms with E-state index in [4.69, 9.17) is 9.84 Å². The zero-order valence-electron chi connectivity index (χ0n) is 11.0. The normalized spacial score (nSPS) is 10.5. The van der Waals surface area contributed by atoms with E-state index >= 15 is 0 Å². The van der Waals surface area contributed by atoms with E-state index in [-0.39, 0.29) is 29.0 Å². The van der Waals surface area contributed by atoms with Gasteiger partial charge in [0.05, 0.1) is 12.2 Å². The van der Waals surface area contributed by atoms with E-state index in [1.54, 1.807) is 6.92 Å². The first-order valence-corrected chi connectivity index (χ1v) is 6.08. The topological polar surface area (TPSA) is 46.5 Å². The van der Waals surface area contributed by atoms with Gasteiger partial charge in [-0.3, -0.25) is 0 Å². The minimum Gasteiger partial charge on any atom is -0.494 e. The molecule has 0 aromatic heterocycles. The maximum absolute atomic E-state index is 13.8. The van der Waals surface area contributed by atoms with Crippen molar-refractivity contribution in [2.24, 2.45) is 0 Å². The molecular formula is C15H11F3O3. The van der Waals surface area contributed by atoms with Crippen molar-refractivity contribution in [3.63, 3.8) is 0 Å². The first-order valence-electron chi connectivity index (χ1n) is 6.08. The second-order valence-corrected chi connectivity index (χ2v) is 4.23. The Morgan fingerprint density at radius 3 is 2.33 bits per heavy atom. The summed E-state index contributed by atoms with van der Waals surface area (Å²) in [6, 6.07) is 4.90. The number of carbonyl (C=O) groups is 1. The van der Waals surface area contributed by atoms with Crippen LogP contribution in [0.1, 0.15) is 17.3 Å². The molecule has 2 aromatic carbocycles. The maximum atomic E-state index is 13.8. The zero-order chi connectivity index (χ0) is 15.6. The van der Waals surface area contributed by atoms with Crippen molar-refractivity contribution in [1.29, 1.82) is 0 Å². The molecule has 0 saturated carbocycles. The van der Waals surface area contributed by atoms with Crippen molar-refractivity contribution < 1.29 is 27.8 Å². The molecule has 0 aliphatic carbocycles. The Balaban J connectivity index is 2.62. The number of carboxylic acids is 1. The van der Waals surface area contributed by atoms with E-state index in [0.717, 1.165) is 0 Å². The molecule has 0 spiro atoms. The Morgan fingerprint density at radius 1 is 1.05 bits per heavy atom. The molecule has 2 aromatic rings. The third-order valence-electron chi connectivity index (χ3n) is 2.79. The van der Waals surface area contributed by atoms with Crippen LogP contribution >= 0.6 is 0 Å². The fourth-order valence-corrected chi connectivity index (χ4v) is 1.87. The number of carboxylic acid groups (broad SMARTS) is 1. The van der Waals surface area contributed by atoms with Gasteiger partial charge >= 0.3 is 5.97 Å². The Hall–Kier alpha value is -2.50. The standard InChI is InChI=1S/C15H11F3O3/c1-2-21-10-4-8(3-9(5-10)15(19)20)11-6-13(17)14(18)7-12(11)16/h3-7H,2H2,1H3,(H,19,20). The average molecular weight is 296 g/mol. The van der Waals surface area contributed by atoms with E-state index in [2.05, 4.69) is 0 Å². The molecule has 0 heterocycles. The van der Waals surface area contributed by atoms with Gasteiger partial charge in [-0.2, -0.15) is 0 Å². The molecule has 0 unspecified atom stereocenters. The Morgan fingerprint density at radius 2 is 1.71 bits per heavy atom. The largest absolute Gasteiger partial charge is 0.494 e. The quantitative estimate of drug-likeness (QED) is 0.871. The molecule has 0 fully saturated rings. The van der Waals surface area contributed by atoms with Gasteiger partial charge in [-0.25, -0.2) is 18.0 Å². The molecule has 0 aliphatic rings. The molecule has 3 nitrogen and oxygen atoms in total. The molecule has 2 rings (SSSR count). The second kappa shape index (κ2) is 5.87. The van der Waals surface area contributed by atoms with Gasteiger partial charge in [0, 0.05) is 11.6 Å². The summed E-state index contributed by atoms with van der Waals surface area (Å²) < 4.78 is 45.2. The molecule has 1 N–H and O–H groups in total. The van der Waals surface area contributed by atoms with Gasteiger partial charge in [0.25, 0.3) is 0 Å². The van der Waals surface area contributed by atoms with E-state index in [1.165, 1.54) is 18.2 Å². The SMILES string of the molecule is CCOc1cc(C(=O)O)cc(-c2cc(F)c(F)cc2F)c1. The fraction of sp³-hybridized carbons (Fsp3) is 0.133. The van der Waals surface area contributed by atoms with Crippen LogP contribution in [-0.2, 0) is 0 Å². The van der Waals surface area contributed by atoms with Gasteiger partial charge in [-0.1, -0.05) is 0 Å². The van der Waals surface area contributed by atoms with Crippen LogP contribution in [0.5, 0.6) is 5.75 Å². The van der Waals surface area contributed by atoms with Crippen molar-refractivity contribution in [2.75, 3.05) is 6.61 Å². The van der Waals surface area contributed by atoms with Crippen LogP contribution in [0.4, 0.5) is 13.2 Å². The molecule has 0 saturated heterocycles. The smallest absolute Gasteiger partial charge is 0.335 e. The number of ether oxygens (including phenoxy) is 1. The fourth-order valence-electron chi connectivity index (χ4n) is 1.87. The Labute approximate surface area is 118 Å². The molecular weight excluding hydrogens is 285 g/mol. The van der Waals surface area contributed by atoms with E-state index in [0.29, 0.717) is 12.1 Å². The molecule has 21 heavy (non-hydrogen) atoms. The Kier molecular flexibility index (Phi) is 4.16. The van der Waals surface area contributed by atoms with Crippen molar-refractivity contribution in [1.82, 2.24) is 0 Å². The third kappa shape index (κ3) is 3.16. The highest BCUT2D eigenvalue weighted by Gasteiger charge is 2.15. The number of rotatable bonds is 4. The summed E-state index contributed by atoms with van der Waals surface area (Å²) in [5.74, 6) is -4.54. The van der Waals surface area contributed by atoms with Gasteiger partial charge < -0.3 is 9.84 Å². The predicted molar refractivity (Wildman–Crippen MR) is 69.9 cm³/mol. The minimum atomic E-state index is -1.31. The number of hydrogen-bond acceptors (Lipinski definition) is 2. The lowest BCUT2D eigenvalue weighted by Gasteiger charge is -2.10. The zero-order valence-corrected chi connectivity index (χ0v) is 11.0. The van der Waals surface area contributed by atoms with Crippen LogP contribution in [0.15, 0.2) is 30.3 Å². The van der Waals surface area contributed by atoms with Gasteiger partial charge in [0.1, 0.15) is 11.6 Å². The van der Waals surface area contributed by atoms with Crippen LogP contribution in [0.2, 0.25) is 0 Å². The second-order valence-electron chi connectivity index (χ2n) is 4.23. The number of halogens is 3. The van der Waals surface area contributed by atoms with Crippen LogP contribution in [-0.4, -0.2) is 17.7 Å². The van der Waals surface area contributed by atoms with Crippen molar-refractivity contribution in [2.45, 2.75) is 6.92 Å². The summed E-state index contributed by atoms with van der Waals surface area (Å²) >= 11 is 0. The van der Waals surface area contributed by atoms with E-state index in [1.807, 2.05) is 0 Å². The average Bonchev–Trinajstić information content (AvgIpc) is 2.42. The minimum absolute atomic E-state index is 0.0924. The van der Waals surface area contributed by atoms with E-state index in [9.17, 15) is 18.0 Å². The van der Waals surface area contributed by atoms with Crippen LogP contribution in [0.3, 0.4) is 0 Å². The molecule has 0 amide bonds. The lowest BCUT2D eigenvalue weighted by atomic mass is 10.0. The van der Waals surface area contributed by atoms with Gasteiger partial charge in [-0.15, -0.1) is 0 Å². The van der Waals surface area contributed by atoms with Crippen LogP contribution < -0.4 is 4.74 Å². The highest BCUT2D eigenvalue weighted by atomic mass is 19.2. The first kappa shape index (κ1) is 14.9. The maximum Gasteiger partial charge on any atom is 0.335 e. The number of hydrogen-bond donors (Lipinski definition) is 1. The molecule has 0 aliphatic heterocycles. The van der Waals surface area contributed by atoms with Crippen molar-refractivity contribution in [3.05, 3.63) is 53.3 Å². The number of benzene rings is 2. The third-order valence-corrected chi connectivity index (χ3v) is 2.79. The monoisotopic (exact) mass is 296 g/mol. The van der Waals surface area contributed by atoms with Gasteiger partial charge in [0.2, 0.25) is 0 Å². The Bertz CT molecular complexity index is 699. The van der Waals surface area contributed by atoms with Gasteiger partial charge in [0.15, 0.2) is 11.6 Å². The van der Waals surface area contributed by atoms with Crippen molar-refractivity contribution in [3.8, 4) is 16.9 Å².